The van der Waals surface area contributed by atoms with Crippen LogP contribution in [0.2, 0.25) is 0 Å². The molecule has 1 atom stereocenters. The molecule has 3 rings (SSSR count). The highest BCUT2D eigenvalue weighted by molar-refractivity contribution is 7.91. The first kappa shape index (κ1) is 17.3. The molecule has 2 heterocycles. The summed E-state index contributed by atoms with van der Waals surface area (Å²) < 4.78 is 27.6. The van der Waals surface area contributed by atoms with E-state index in [1.165, 1.54) is 0 Å². The van der Waals surface area contributed by atoms with Gasteiger partial charge in [-0.15, -0.1) is 0 Å². The van der Waals surface area contributed by atoms with Gasteiger partial charge in [-0.3, -0.25) is 4.90 Å². The molecule has 24 heavy (non-hydrogen) atoms. The van der Waals surface area contributed by atoms with E-state index in [2.05, 4.69) is 5.10 Å². The first-order chi connectivity index (χ1) is 11.3. The summed E-state index contributed by atoms with van der Waals surface area (Å²) in [7, 11) is 0.939. The molecule has 0 bridgehead atoms. The number of hydrogen-bond donors (Lipinski definition) is 0. The van der Waals surface area contributed by atoms with Crippen molar-refractivity contribution in [1.82, 2.24) is 19.2 Å². The monoisotopic (exact) mass is 366 g/mol. The molecule has 0 saturated carbocycles. The molecule has 1 saturated heterocycles. The third-order valence-electron chi connectivity index (χ3n) is 4.62. The second kappa shape index (κ2) is 6.42. The summed E-state index contributed by atoms with van der Waals surface area (Å²) in [6, 6.07) is 8.09. The predicted octanol–water partition coefficient (Wildman–Crippen LogP) is 2.00. The molecule has 1 unspecified atom stereocenters. The maximum absolute atomic E-state index is 11.7. The first-order valence-corrected chi connectivity index (χ1v) is 10.1. The Morgan fingerprint density at radius 2 is 2.08 bits per heavy atom. The van der Waals surface area contributed by atoms with E-state index in [0.717, 1.165) is 17.0 Å². The summed E-state index contributed by atoms with van der Waals surface area (Å²) in [6.45, 7) is 2.53. The lowest BCUT2D eigenvalue weighted by molar-refractivity contribution is 0.196. The third-order valence-corrected chi connectivity index (χ3v) is 6.85. The maximum Gasteiger partial charge on any atom is 0.199 e. The SMILES string of the molecule is Cc1ccccc1-c1nn(CN(C)C2CCS(=O)(=O)C2)c(=S)n1C. The third kappa shape index (κ3) is 3.31. The average molecular weight is 367 g/mol. The fraction of sp³-hybridized carbons (Fsp3) is 0.500. The molecule has 1 aliphatic rings. The van der Waals surface area contributed by atoms with Gasteiger partial charge < -0.3 is 4.57 Å². The molecule has 2 aromatic rings. The Kier molecular flexibility index (Phi) is 4.63. The van der Waals surface area contributed by atoms with Gasteiger partial charge in [0, 0.05) is 18.7 Å². The van der Waals surface area contributed by atoms with Crippen LogP contribution in [0.4, 0.5) is 0 Å². The highest BCUT2D eigenvalue weighted by Gasteiger charge is 2.31. The number of aryl methyl sites for hydroxylation is 1. The minimum Gasteiger partial charge on any atom is -0.303 e. The van der Waals surface area contributed by atoms with Crippen LogP contribution in [0.3, 0.4) is 0 Å². The van der Waals surface area contributed by atoms with Crippen molar-refractivity contribution in [3.8, 4) is 11.4 Å². The van der Waals surface area contributed by atoms with Crippen LogP contribution in [0.15, 0.2) is 24.3 Å². The second-order valence-corrected chi connectivity index (χ2v) is 9.03. The Morgan fingerprint density at radius 1 is 1.38 bits per heavy atom. The van der Waals surface area contributed by atoms with E-state index in [0.29, 0.717) is 17.9 Å². The largest absolute Gasteiger partial charge is 0.303 e. The van der Waals surface area contributed by atoms with E-state index in [4.69, 9.17) is 12.2 Å². The molecular formula is C16H22N4O2S2. The summed E-state index contributed by atoms with van der Waals surface area (Å²) in [4.78, 5) is 2.02. The molecule has 1 aromatic heterocycles. The number of hydrogen-bond acceptors (Lipinski definition) is 5. The lowest BCUT2D eigenvalue weighted by Gasteiger charge is -2.22. The standard InChI is InChI=1S/C16H22N4O2S2/c1-12-6-4-5-7-14(12)15-17-20(16(23)19(15)3)11-18(2)13-8-9-24(21,22)10-13/h4-7,13H,8-11H2,1-3H3. The van der Waals surface area contributed by atoms with E-state index < -0.39 is 9.84 Å². The quantitative estimate of drug-likeness (QED) is 0.775. The van der Waals surface area contributed by atoms with Crippen molar-refractivity contribution < 1.29 is 8.42 Å². The van der Waals surface area contributed by atoms with Gasteiger partial charge in [-0.1, -0.05) is 24.3 Å². The number of benzene rings is 1. The van der Waals surface area contributed by atoms with Crippen molar-refractivity contribution in [1.29, 1.82) is 0 Å². The van der Waals surface area contributed by atoms with E-state index in [9.17, 15) is 8.42 Å². The normalized spacial score (nSPS) is 19.9. The average Bonchev–Trinajstić information content (AvgIpc) is 3.02. The topological polar surface area (TPSA) is 60.1 Å². The molecule has 6 nitrogen and oxygen atoms in total. The first-order valence-electron chi connectivity index (χ1n) is 7.89. The fourth-order valence-electron chi connectivity index (χ4n) is 3.09. The smallest absolute Gasteiger partial charge is 0.199 e. The van der Waals surface area contributed by atoms with Crippen LogP contribution in [0, 0.1) is 11.7 Å². The Hall–Kier alpha value is -1.51. The van der Waals surface area contributed by atoms with Gasteiger partial charge in [0.15, 0.2) is 20.4 Å². The number of sulfone groups is 1. The Bertz CT molecular complexity index is 914. The van der Waals surface area contributed by atoms with Crippen LogP contribution in [0.25, 0.3) is 11.4 Å². The summed E-state index contributed by atoms with van der Waals surface area (Å²) in [5, 5.41) is 4.67. The molecule has 0 aliphatic carbocycles. The molecule has 0 N–H and O–H groups in total. The summed E-state index contributed by atoms with van der Waals surface area (Å²) in [6.07, 6.45) is 0.670. The van der Waals surface area contributed by atoms with Gasteiger partial charge in [-0.25, -0.2) is 13.1 Å². The predicted molar refractivity (Wildman–Crippen MR) is 97.0 cm³/mol. The van der Waals surface area contributed by atoms with Crippen molar-refractivity contribution in [2.45, 2.75) is 26.1 Å². The highest BCUT2D eigenvalue weighted by atomic mass is 32.2. The number of aromatic nitrogens is 3. The van der Waals surface area contributed by atoms with Gasteiger partial charge >= 0.3 is 0 Å². The molecule has 130 valence electrons. The zero-order valence-electron chi connectivity index (χ0n) is 14.1. The van der Waals surface area contributed by atoms with E-state index in [1.54, 1.807) is 4.68 Å². The van der Waals surface area contributed by atoms with Crippen molar-refractivity contribution >= 4 is 22.1 Å². The zero-order chi connectivity index (χ0) is 17.5. The summed E-state index contributed by atoms with van der Waals surface area (Å²) >= 11 is 5.51. The van der Waals surface area contributed by atoms with Crippen LogP contribution >= 0.6 is 12.2 Å². The van der Waals surface area contributed by atoms with Gasteiger partial charge in [0.2, 0.25) is 0 Å². The van der Waals surface area contributed by atoms with Gasteiger partial charge in [0.05, 0.1) is 18.2 Å². The van der Waals surface area contributed by atoms with Gasteiger partial charge in [0.1, 0.15) is 0 Å². The van der Waals surface area contributed by atoms with Crippen LogP contribution in [-0.4, -0.2) is 52.3 Å². The fourth-order valence-corrected chi connectivity index (χ4v) is 5.08. The Labute approximate surface area is 147 Å². The molecule has 8 heteroatoms. The lowest BCUT2D eigenvalue weighted by Crippen LogP contribution is -2.34. The molecule has 0 radical (unpaired) electrons. The Morgan fingerprint density at radius 3 is 2.71 bits per heavy atom. The summed E-state index contributed by atoms with van der Waals surface area (Å²) in [5.41, 5.74) is 2.19. The molecule has 1 fully saturated rings. The Balaban J connectivity index is 1.87. The summed E-state index contributed by atoms with van der Waals surface area (Å²) in [5.74, 6) is 1.31. The van der Waals surface area contributed by atoms with Gasteiger partial charge in [-0.2, -0.15) is 5.10 Å². The maximum atomic E-state index is 11.7. The van der Waals surface area contributed by atoms with Crippen molar-refractivity contribution in [2.75, 3.05) is 18.6 Å². The number of rotatable bonds is 4. The van der Waals surface area contributed by atoms with Crippen LogP contribution < -0.4 is 0 Å². The minimum absolute atomic E-state index is 0.0285. The molecule has 0 amide bonds. The van der Waals surface area contributed by atoms with Crippen LogP contribution in [0.1, 0.15) is 12.0 Å². The zero-order valence-corrected chi connectivity index (χ0v) is 15.8. The minimum atomic E-state index is -2.90. The van der Waals surface area contributed by atoms with E-state index >= 15 is 0 Å². The van der Waals surface area contributed by atoms with Gasteiger partial charge in [-0.05, 0) is 38.2 Å². The molecule has 0 spiro atoms. The highest BCUT2D eigenvalue weighted by Crippen LogP contribution is 2.22. The van der Waals surface area contributed by atoms with Crippen molar-refractivity contribution in [3.05, 3.63) is 34.6 Å². The van der Waals surface area contributed by atoms with E-state index in [1.807, 2.05) is 54.8 Å². The molecule has 1 aliphatic heterocycles. The number of nitrogens with zero attached hydrogens (tertiary/aromatic N) is 4. The van der Waals surface area contributed by atoms with Crippen LogP contribution in [-0.2, 0) is 23.6 Å². The lowest BCUT2D eigenvalue weighted by atomic mass is 10.1. The second-order valence-electron chi connectivity index (χ2n) is 6.43. The van der Waals surface area contributed by atoms with Crippen molar-refractivity contribution in [3.63, 3.8) is 0 Å². The van der Waals surface area contributed by atoms with Crippen molar-refractivity contribution in [2.24, 2.45) is 7.05 Å². The molecular weight excluding hydrogens is 344 g/mol. The molecule has 1 aromatic carbocycles. The van der Waals surface area contributed by atoms with E-state index in [-0.39, 0.29) is 17.5 Å². The van der Waals surface area contributed by atoms with Crippen LogP contribution in [0.5, 0.6) is 0 Å². The van der Waals surface area contributed by atoms with Gasteiger partial charge in [0.25, 0.3) is 0 Å².